The van der Waals surface area contributed by atoms with Crippen molar-refractivity contribution in [2.24, 2.45) is 5.73 Å². The van der Waals surface area contributed by atoms with E-state index in [4.69, 9.17) is 10.2 Å². The van der Waals surface area contributed by atoms with Gasteiger partial charge in [0.1, 0.15) is 0 Å². The first-order chi connectivity index (χ1) is 9.70. The summed E-state index contributed by atoms with van der Waals surface area (Å²) in [6.45, 7) is 0. The van der Waals surface area contributed by atoms with Gasteiger partial charge in [0.15, 0.2) is 12.2 Å². The fourth-order valence-corrected chi connectivity index (χ4v) is 2.18. The third-order valence-electron chi connectivity index (χ3n) is 2.84. The van der Waals surface area contributed by atoms with Gasteiger partial charge in [-0.05, 0) is 42.7 Å². The van der Waals surface area contributed by atoms with Crippen molar-refractivity contribution in [3.8, 4) is 11.3 Å². The number of nitrogens with two attached hydrogens (primary N) is 1. The topological polar surface area (TPSA) is 81.2 Å². The highest BCUT2D eigenvalue weighted by Gasteiger charge is 2.13. The van der Waals surface area contributed by atoms with Crippen molar-refractivity contribution in [1.82, 2.24) is 4.98 Å². The van der Waals surface area contributed by atoms with E-state index in [1.807, 2.05) is 30.5 Å². The molecule has 2 rings (SSSR count). The number of carbonyl (C=O) groups excluding carboxylic acids is 1. The van der Waals surface area contributed by atoms with Gasteiger partial charge in [0.25, 0.3) is 0 Å². The van der Waals surface area contributed by atoms with Crippen LogP contribution in [-0.2, 0) is 4.79 Å². The molecule has 1 aromatic carbocycles. The largest absolute Gasteiger partial charge is 0.444 e. The van der Waals surface area contributed by atoms with E-state index in [0.29, 0.717) is 12.2 Å². The molecule has 0 aliphatic carbocycles. The highest BCUT2D eigenvalue weighted by atomic mass is 35.5. The molecule has 21 heavy (non-hydrogen) atoms. The molecule has 3 N–H and O–H groups in total. The van der Waals surface area contributed by atoms with E-state index >= 15 is 0 Å². The molecule has 0 saturated heterocycles. The van der Waals surface area contributed by atoms with Crippen molar-refractivity contribution >= 4 is 35.8 Å². The Balaban J connectivity index is 0.00000220. The van der Waals surface area contributed by atoms with Gasteiger partial charge in [-0.15, -0.1) is 12.4 Å². The Bertz CT molecular complexity index is 546. The fourth-order valence-electron chi connectivity index (χ4n) is 1.69. The van der Waals surface area contributed by atoms with Crippen molar-refractivity contribution in [3.05, 3.63) is 36.9 Å². The molecule has 1 amide bonds. The summed E-state index contributed by atoms with van der Waals surface area (Å²) in [6.07, 6.45) is 5.69. The smallest absolute Gasteiger partial charge is 0.241 e. The van der Waals surface area contributed by atoms with Gasteiger partial charge >= 0.3 is 0 Å². The van der Waals surface area contributed by atoms with Crippen LogP contribution in [0.3, 0.4) is 0 Å². The highest BCUT2D eigenvalue weighted by Crippen LogP contribution is 2.20. The average molecular weight is 328 g/mol. The van der Waals surface area contributed by atoms with E-state index in [0.717, 1.165) is 17.0 Å². The number of nitrogens with one attached hydrogen (secondary N) is 1. The first kappa shape index (κ1) is 17.6. The molecular formula is C14H18ClN3O2S. The monoisotopic (exact) mass is 327 g/mol. The lowest BCUT2D eigenvalue weighted by molar-refractivity contribution is -0.117. The van der Waals surface area contributed by atoms with Crippen LogP contribution in [-0.4, -0.2) is 28.9 Å². The third kappa shape index (κ3) is 5.08. The van der Waals surface area contributed by atoms with E-state index < -0.39 is 6.04 Å². The minimum Gasteiger partial charge on any atom is -0.444 e. The number of benzene rings is 1. The van der Waals surface area contributed by atoms with Crippen LogP contribution in [0.5, 0.6) is 0 Å². The fraction of sp³-hybridized carbons (Fsp3) is 0.286. The van der Waals surface area contributed by atoms with Crippen LogP contribution in [0.15, 0.2) is 41.3 Å². The number of rotatable bonds is 6. The maximum absolute atomic E-state index is 11.9. The summed E-state index contributed by atoms with van der Waals surface area (Å²) in [5.74, 6) is 1.41. The Morgan fingerprint density at radius 3 is 2.71 bits per heavy atom. The van der Waals surface area contributed by atoms with Gasteiger partial charge in [-0.1, -0.05) is 0 Å². The second-order valence-corrected chi connectivity index (χ2v) is 5.31. The lowest BCUT2D eigenvalue weighted by Gasteiger charge is -2.11. The van der Waals surface area contributed by atoms with Gasteiger partial charge in [-0.2, -0.15) is 11.8 Å². The molecule has 0 radical (unpaired) electrons. The second kappa shape index (κ2) is 8.71. The predicted molar refractivity (Wildman–Crippen MR) is 88.8 cm³/mol. The molecule has 5 nitrogen and oxygen atoms in total. The zero-order chi connectivity index (χ0) is 14.4. The first-order valence-electron chi connectivity index (χ1n) is 6.25. The molecule has 114 valence electrons. The van der Waals surface area contributed by atoms with Crippen LogP contribution in [0.4, 0.5) is 5.69 Å². The standard InChI is InChI=1S/C14H17N3O2S.ClH/c1-20-7-6-12(15)14(18)17-11-4-2-10(3-5-11)13-8-16-9-19-13;/h2-5,8-9,12H,6-7,15H2,1H3,(H,17,18);1H/t12-;/m0./s1. The zero-order valence-corrected chi connectivity index (χ0v) is 13.2. The summed E-state index contributed by atoms with van der Waals surface area (Å²) in [6, 6.07) is 6.89. The Morgan fingerprint density at radius 1 is 1.43 bits per heavy atom. The van der Waals surface area contributed by atoms with Crippen LogP contribution < -0.4 is 11.1 Å². The van der Waals surface area contributed by atoms with E-state index in [2.05, 4.69) is 10.3 Å². The molecule has 1 atom stereocenters. The molecule has 1 aromatic heterocycles. The first-order valence-corrected chi connectivity index (χ1v) is 7.64. The molecule has 0 saturated carbocycles. The number of oxazole rings is 1. The minimum absolute atomic E-state index is 0. The molecule has 0 spiro atoms. The van der Waals surface area contributed by atoms with E-state index in [9.17, 15) is 4.79 Å². The van der Waals surface area contributed by atoms with E-state index in [-0.39, 0.29) is 18.3 Å². The second-order valence-electron chi connectivity index (χ2n) is 4.32. The number of nitrogens with zero attached hydrogens (tertiary/aromatic N) is 1. The number of thioether (sulfide) groups is 1. The van der Waals surface area contributed by atoms with Gasteiger partial charge < -0.3 is 15.5 Å². The molecule has 2 aromatic rings. The van der Waals surface area contributed by atoms with Crippen LogP contribution >= 0.6 is 24.2 Å². The molecule has 0 fully saturated rings. The Morgan fingerprint density at radius 2 is 2.14 bits per heavy atom. The average Bonchev–Trinajstić information content (AvgIpc) is 2.99. The summed E-state index contributed by atoms with van der Waals surface area (Å²) >= 11 is 1.68. The van der Waals surface area contributed by atoms with Crippen LogP contribution in [0.2, 0.25) is 0 Å². The summed E-state index contributed by atoms with van der Waals surface area (Å²) in [7, 11) is 0. The van der Waals surface area contributed by atoms with Crippen molar-refractivity contribution < 1.29 is 9.21 Å². The number of halogens is 1. The zero-order valence-electron chi connectivity index (χ0n) is 11.6. The third-order valence-corrected chi connectivity index (χ3v) is 3.48. The van der Waals surface area contributed by atoms with Gasteiger partial charge in [0.2, 0.25) is 5.91 Å². The maximum atomic E-state index is 11.9. The summed E-state index contributed by atoms with van der Waals surface area (Å²) < 4.78 is 5.20. The van der Waals surface area contributed by atoms with Crippen molar-refractivity contribution in [1.29, 1.82) is 0 Å². The number of amides is 1. The molecule has 0 aliphatic heterocycles. The highest BCUT2D eigenvalue weighted by molar-refractivity contribution is 7.98. The molecular weight excluding hydrogens is 310 g/mol. The number of hydrogen-bond donors (Lipinski definition) is 2. The van der Waals surface area contributed by atoms with Gasteiger partial charge in [-0.3, -0.25) is 4.79 Å². The Labute approximate surface area is 134 Å². The maximum Gasteiger partial charge on any atom is 0.241 e. The Kier molecular flexibility index (Phi) is 7.28. The van der Waals surface area contributed by atoms with Gasteiger partial charge in [0, 0.05) is 11.3 Å². The normalized spacial score (nSPS) is 11.5. The van der Waals surface area contributed by atoms with Crippen LogP contribution in [0, 0.1) is 0 Å². The lowest BCUT2D eigenvalue weighted by Crippen LogP contribution is -2.36. The quantitative estimate of drug-likeness (QED) is 0.852. The summed E-state index contributed by atoms with van der Waals surface area (Å²) in [4.78, 5) is 15.7. The number of aromatic nitrogens is 1. The van der Waals surface area contributed by atoms with Crippen molar-refractivity contribution in [2.75, 3.05) is 17.3 Å². The number of hydrogen-bond acceptors (Lipinski definition) is 5. The molecule has 0 aliphatic rings. The SMILES string of the molecule is CSCC[C@H](N)C(=O)Nc1ccc(-c2cnco2)cc1.Cl. The number of carbonyl (C=O) groups is 1. The van der Waals surface area contributed by atoms with E-state index in [1.54, 1.807) is 18.0 Å². The molecule has 1 heterocycles. The van der Waals surface area contributed by atoms with Crippen molar-refractivity contribution in [3.63, 3.8) is 0 Å². The summed E-state index contributed by atoms with van der Waals surface area (Å²) in [5.41, 5.74) is 7.44. The lowest BCUT2D eigenvalue weighted by atomic mass is 10.1. The minimum atomic E-state index is -0.476. The predicted octanol–water partition coefficient (Wildman–Crippen LogP) is 2.78. The van der Waals surface area contributed by atoms with Crippen molar-refractivity contribution in [2.45, 2.75) is 12.5 Å². The summed E-state index contributed by atoms with van der Waals surface area (Å²) in [5, 5.41) is 2.80. The molecule has 7 heteroatoms. The molecule has 0 unspecified atom stereocenters. The Hall–Kier alpha value is -1.50. The van der Waals surface area contributed by atoms with E-state index in [1.165, 1.54) is 6.39 Å². The molecule has 0 bridgehead atoms. The number of anilines is 1. The van der Waals surface area contributed by atoms with Gasteiger partial charge in [-0.25, -0.2) is 4.98 Å². The van der Waals surface area contributed by atoms with Crippen LogP contribution in [0.25, 0.3) is 11.3 Å². The van der Waals surface area contributed by atoms with Crippen LogP contribution in [0.1, 0.15) is 6.42 Å². The van der Waals surface area contributed by atoms with Gasteiger partial charge in [0.05, 0.1) is 12.2 Å².